The van der Waals surface area contributed by atoms with Gasteiger partial charge in [0, 0.05) is 0 Å². The predicted molar refractivity (Wildman–Crippen MR) is 70.9 cm³/mol. The molecule has 0 nitrogen and oxygen atoms in total. The summed E-state index contributed by atoms with van der Waals surface area (Å²) < 4.78 is 0. The third kappa shape index (κ3) is 6.22. The standard InChI is InChI=1S/C15H31/c1-7-8-9-10-11-12-13-15(5,6)14(2,3)4/h2,7-13H2,1,3-6H3. The first kappa shape index (κ1) is 15.0. The summed E-state index contributed by atoms with van der Waals surface area (Å²) >= 11 is 0. The van der Waals surface area contributed by atoms with E-state index in [4.69, 9.17) is 0 Å². The summed E-state index contributed by atoms with van der Waals surface area (Å²) in [4.78, 5) is 0. The van der Waals surface area contributed by atoms with Crippen molar-refractivity contribution in [2.75, 3.05) is 0 Å². The van der Waals surface area contributed by atoms with Gasteiger partial charge in [-0.05, 0) is 24.2 Å². The highest BCUT2D eigenvalue weighted by molar-refractivity contribution is 4.87. The Morgan fingerprint density at radius 3 is 1.73 bits per heavy atom. The van der Waals surface area contributed by atoms with E-state index in [-0.39, 0.29) is 5.41 Å². The molecule has 0 rings (SSSR count). The summed E-state index contributed by atoms with van der Waals surface area (Å²) in [5, 5.41) is 0. The molecule has 0 aliphatic rings. The second-order valence-electron chi connectivity index (χ2n) is 6.29. The minimum atomic E-state index is 0.191. The van der Waals surface area contributed by atoms with Gasteiger partial charge in [-0.15, -0.1) is 0 Å². The zero-order valence-electron chi connectivity index (χ0n) is 11.7. The number of hydrogen-bond acceptors (Lipinski definition) is 0. The first-order valence-electron chi connectivity index (χ1n) is 6.66. The second-order valence-corrected chi connectivity index (χ2v) is 6.29. The lowest BCUT2D eigenvalue weighted by Gasteiger charge is -2.39. The average molecular weight is 211 g/mol. The first-order chi connectivity index (χ1) is 6.81. The van der Waals surface area contributed by atoms with Crippen molar-refractivity contribution in [1.82, 2.24) is 0 Å². The Bertz CT molecular complexity index is 148. The minimum absolute atomic E-state index is 0.191. The van der Waals surface area contributed by atoms with E-state index in [2.05, 4.69) is 41.5 Å². The second kappa shape index (κ2) is 6.55. The highest BCUT2D eigenvalue weighted by atomic mass is 14.4. The van der Waals surface area contributed by atoms with Crippen molar-refractivity contribution in [1.29, 1.82) is 0 Å². The maximum absolute atomic E-state index is 4.27. The maximum Gasteiger partial charge on any atom is -0.0303 e. The van der Waals surface area contributed by atoms with Crippen LogP contribution in [0.1, 0.15) is 79.6 Å². The quantitative estimate of drug-likeness (QED) is 0.457. The van der Waals surface area contributed by atoms with Crippen molar-refractivity contribution < 1.29 is 0 Å². The van der Waals surface area contributed by atoms with Crippen LogP contribution < -0.4 is 0 Å². The topological polar surface area (TPSA) is 0 Å². The summed E-state index contributed by atoms with van der Waals surface area (Å²) in [6, 6.07) is 0. The van der Waals surface area contributed by atoms with Crippen molar-refractivity contribution in [3.05, 3.63) is 6.92 Å². The van der Waals surface area contributed by atoms with Gasteiger partial charge in [-0.1, -0.05) is 73.1 Å². The molecule has 0 unspecified atom stereocenters. The maximum atomic E-state index is 4.27. The van der Waals surface area contributed by atoms with E-state index < -0.39 is 0 Å². The van der Waals surface area contributed by atoms with Gasteiger partial charge in [0.2, 0.25) is 0 Å². The van der Waals surface area contributed by atoms with E-state index in [0.717, 1.165) is 0 Å². The van der Waals surface area contributed by atoms with Gasteiger partial charge in [-0.25, -0.2) is 0 Å². The summed E-state index contributed by atoms with van der Waals surface area (Å²) in [7, 11) is 0. The van der Waals surface area contributed by atoms with Gasteiger partial charge in [0.1, 0.15) is 0 Å². The third-order valence-corrected chi connectivity index (χ3v) is 3.99. The van der Waals surface area contributed by atoms with E-state index in [1.807, 2.05) is 0 Å². The van der Waals surface area contributed by atoms with Crippen molar-refractivity contribution in [2.45, 2.75) is 79.6 Å². The highest BCUT2D eigenvalue weighted by Crippen LogP contribution is 2.41. The van der Waals surface area contributed by atoms with Gasteiger partial charge in [-0.2, -0.15) is 0 Å². The molecule has 91 valence electrons. The minimum Gasteiger partial charge on any atom is -0.0654 e. The molecule has 0 aromatic rings. The Labute approximate surface area is 97.8 Å². The lowest BCUT2D eigenvalue weighted by molar-refractivity contribution is 0.143. The molecule has 0 heterocycles. The first-order valence-corrected chi connectivity index (χ1v) is 6.66. The van der Waals surface area contributed by atoms with Crippen molar-refractivity contribution in [2.24, 2.45) is 10.8 Å². The van der Waals surface area contributed by atoms with Crippen LogP contribution in [0.5, 0.6) is 0 Å². The van der Waals surface area contributed by atoms with Gasteiger partial charge in [0.15, 0.2) is 0 Å². The van der Waals surface area contributed by atoms with Gasteiger partial charge >= 0.3 is 0 Å². The third-order valence-electron chi connectivity index (χ3n) is 3.99. The summed E-state index contributed by atoms with van der Waals surface area (Å²) in [6.45, 7) is 15.8. The normalized spacial score (nSPS) is 13.2. The number of rotatable bonds is 8. The summed E-state index contributed by atoms with van der Waals surface area (Å²) in [5.74, 6) is 0. The van der Waals surface area contributed by atoms with Crippen LogP contribution in [0.2, 0.25) is 0 Å². The van der Waals surface area contributed by atoms with Gasteiger partial charge in [0.05, 0.1) is 0 Å². The van der Waals surface area contributed by atoms with E-state index in [1.54, 1.807) is 0 Å². The fourth-order valence-corrected chi connectivity index (χ4v) is 1.69. The fourth-order valence-electron chi connectivity index (χ4n) is 1.69. The molecule has 0 amide bonds. The predicted octanol–water partition coefficient (Wildman–Crippen LogP) is 5.62. The van der Waals surface area contributed by atoms with Crippen LogP contribution in [0.3, 0.4) is 0 Å². The summed E-state index contributed by atoms with van der Waals surface area (Å²) in [6.07, 6.45) is 9.68. The van der Waals surface area contributed by atoms with Crippen LogP contribution in [0.15, 0.2) is 0 Å². The highest BCUT2D eigenvalue weighted by Gasteiger charge is 2.31. The van der Waals surface area contributed by atoms with E-state index in [9.17, 15) is 0 Å². The molecule has 0 N–H and O–H groups in total. The Morgan fingerprint density at radius 1 is 0.800 bits per heavy atom. The average Bonchev–Trinajstić information content (AvgIpc) is 2.09. The van der Waals surface area contributed by atoms with Crippen LogP contribution in [0.25, 0.3) is 0 Å². The van der Waals surface area contributed by atoms with Crippen molar-refractivity contribution >= 4 is 0 Å². The van der Waals surface area contributed by atoms with Crippen LogP contribution in [0, 0.1) is 17.8 Å². The van der Waals surface area contributed by atoms with Crippen molar-refractivity contribution in [3.63, 3.8) is 0 Å². The molecular formula is C15H31. The monoisotopic (exact) mass is 211 g/mol. The van der Waals surface area contributed by atoms with Crippen LogP contribution in [-0.4, -0.2) is 0 Å². The zero-order valence-corrected chi connectivity index (χ0v) is 11.7. The van der Waals surface area contributed by atoms with Gasteiger partial charge in [-0.3, -0.25) is 0 Å². The molecule has 0 atom stereocenters. The molecule has 15 heavy (non-hydrogen) atoms. The molecular weight excluding hydrogens is 180 g/mol. The number of hydrogen-bond donors (Lipinski definition) is 0. The Morgan fingerprint density at radius 2 is 1.27 bits per heavy atom. The Kier molecular flexibility index (Phi) is 6.55. The zero-order chi connectivity index (χ0) is 11.9. The molecule has 0 spiro atoms. The lowest BCUT2D eigenvalue weighted by atomic mass is 9.67. The molecule has 0 fully saturated rings. The van der Waals surface area contributed by atoms with Crippen LogP contribution in [-0.2, 0) is 0 Å². The number of unbranched alkanes of at least 4 members (excludes halogenated alkanes) is 5. The van der Waals surface area contributed by atoms with Crippen molar-refractivity contribution in [3.8, 4) is 0 Å². The molecule has 0 aromatic heterocycles. The van der Waals surface area contributed by atoms with Crippen LogP contribution in [0.4, 0.5) is 0 Å². The molecule has 1 radical (unpaired) electrons. The summed E-state index contributed by atoms with van der Waals surface area (Å²) in [5.41, 5.74) is 0.564. The van der Waals surface area contributed by atoms with E-state index >= 15 is 0 Å². The van der Waals surface area contributed by atoms with E-state index in [0.29, 0.717) is 5.41 Å². The molecule has 0 aliphatic carbocycles. The smallest absolute Gasteiger partial charge is 0.0303 e. The molecule has 0 aliphatic heterocycles. The Hall–Kier alpha value is 0. The molecule has 0 saturated carbocycles. The van der Waals surface area contributed by atoms with E-state index in [1.165, 1.54) is 44.9 Å². The SMILES string of the molecule is [CH2]C(C)(C)C(C)(C)CCCCCCCC. The molecule has 0 aromatic carbocycles. The molecule has 0 heteroatoms. The van der Waals surface area contributed by atoms with Gasteiger partial charge < -0.3 is 0 Å². The Balaban J connectivity index is 3.58. The van der Waals surface area contributed by atoms with Gasteiger partial charge in [0.25, 0.3) is 0 Å². The van der Waals surface area contributed by atoms with Crippen LogP contribution >= 0.6 is 0 Å². The lowest BCUT2D eigenvalue weighted by Crippen LogP contribution is -2.29. The molecule has 0 saturated heterocycles. The fraction of sp³-hybridized carbons (Fsp3) is 0.933. The molecule has 0 bridgehead atoms. The largest absolute Gasteiger partial charge is 0.0654 e.